The van der Waals surface area contributed by atoms with E-state index in [1.165, 1.54) is 12.1 Å². The minimum absolute atomic E-state index is 0.0690. The minimum atomic E-state index is -0.256. The topological polar surface area (TPSA) is 66.0 Å². The maximum Gasteiger partial charge on any atom is 0.141 e. The number of nitrogens with two attached hydrogens (primary N) is 1. The van der Waals surface area contributed by atoms with E-state index in [0.29, 0.717) is 11.5 Å². The van der Waals surface area contributed by atoms with Crippen molar-refractivity contribution in [3.63, 3.8) is 0 Å². The van der Waals surface area contributed by atoms with E-state index in [1.54, 1.807) is 18.2 Å². The Morgan fingerprint density at radius 1 is 1.32 bits per heavy atom. The number of anilines is 2. The average molecular weight is 256 g/mol. The lowest BCUT2D eigenvalue weighted by Crippen LogP contribution is -2.18. The molecule has 2 heterocycles. The summed E-state index contributed by atoms with van der Waals surface area (Å²) in [4.78, 5) is 6.29. The molecular weight excluding hydrogens is 243 g/mol. The number of amidine groups is 1. The maximum atomic E-state index is 13.4. The molecule has 0 radical (unpaired) electrons. The predicted molar refractivity (Wildman–Crippen MR) is 72.4 cm³/mol. The number of halogens is 1. The fourth-order valence-electron chi connectivity index (χ4n) is 2.31. The molecule has 19 heavy (non-hydrogen) atoms. The number of fused-ring (bicyclic) bond motifs is 1. The maximum absolute atomic E-state index is 13.4. The van der Waals surface area contributed by atoms with Gasteiger partial charge < -0.3 is 10.6 Å². The molecule has 1 aliphatic heterocycles. The first-order valence-corrected chi connectivity index (χ1v) is 6.02. The molecule has 0 amide bonds. The van der Waals surface area contributed by atoms with Gasteiger partial charge in [-0.1, -0.05) is 12.1 Å². The molecule has 1 aromatic heterocycles. The van der Waals surface area contributed by atoms with Gasteiger partial charge >= 0.3 is 0 Å². The second-order valence-electron chi connectivity index (χ2n) is 4.47. The first-order valence-electron chi connectivity index (χ1n) is 6.02. The summed E-state index contributed by atoms with van der Waals surface area (Å²) in [6, 6.07) is 10.1. The van der Waals surface area contributed by atoms with Crippen LogP contribution in [0.5, 0.6) is 0 Å². The van der Waals surface area contributed by atoms with Gasteiger partial charge in [0.15, 0.2) is 0 Å². The Morgan fingerprint density at radius 2 is 2.16 bits per heavy atom. The van der Waals surface area contributed by atoms with Crippen molar-refractivity contribution in [1.82, 2.24) is 4.98 Å². The summed E-state index contributed by atoms with van der Waals surface area (Å²) < 4.78 is 13.4. The summed E-state index contributed by atoms with van der Waals surface area (Å²) in [5, 5.41) is 7.42. The van der Waals surface area contributed by atoms with Crippen LogP contribution >= 0.6 is 0 Å². The molecule has 4 nitrogen and oxygen atoms in total. The van der Waals surface area contributed by atoms with Gasteiger partial charge in [0.05, 0.1) is 0 Å². The molecule has 5 heteroatoms. The van der Waals surface area contributed by atoms with E-state index in [0.717, 1.165) is 24.2 Å². The molecule has 0 saturated carbocycles. The molecule has 0 fully saturated rings. The third kappa shape index (κ3) is 2.03. The number of pyridine rings is 1. The van der Waals surface area contributed by atoms with Crippen LogP contribution in [0.2, 0.25) is 0 Å². The van der Waals surface area contributed by atoms with Crippen molar-refractivity contribution in [2.45, 2.75) is 6.42 Å². The van der Waals surface area contributed by atoms with Crippen LogP contribution in [0.3, 0.4) is 0 Å². The fraction of sp³-hybridized carbons (Fsp3) is 0.143. The standard InChI is InChI=1S/C14H13FN4/c15-10-5-4-9-6-7-19(12(9)8-10)13-3-1-2-11(18-13)14(16)17/h1-5,8H,6-7H2,(H3,16,17). The number of benzene rings is 1. The van der Waals surface area contributed by atoms with Gasteiger partial charge in [0.2, 0.25) is 0 Å². The van der Waals surface area contributed by atoms with Crippen LogP contribution in [0.1, 0.15) is 11.3 Å². The van der Waals surface area contributed by atoms with Crippen LogP contribution < -0.4 is 10.6 Å². The lowest BCUT2D eigenvalue weighted by molar-refractivity contribution is 0.628. The molecule has 1 aromatic carbocycles. The quantitative estimate of drug-likeness (QED) is 0.639. The number of nitrogens with zero attached hydrogens (tertiary/aromatic N) is 2. The summed E-state index contributed by atoms with van der Waals surface area (Å²) >= 11 is 0. The van der Waals surface area contributed by atoms with Crippen molar-refractivity contribution in [2.75, 3.05) is 11.4 Å². The van der Waals surface area contributed by atoms with E-state index in [-0.39, 0.29) is 11.7 Å². The van der Waals surface area contributed by atoms with Crippen LogP contribution in [0, 0.1) is 11.2 Å². The second kappa shape index (κ2) is 4.35. The highest BCUT2D eigenvalue weighted by molar-refractivity contribution is 5.93. The number of nitrogens with one attached hydrogen (secondary N) is 1. The van der Waals surface area contributed by atoms with E-state index in [9.17, 15) is 4.39 Å². The number of rotatable bonds is 2. The highest BCUT2D eigenvalue weighted by Crippen LogP contribution is 2.33. The summed E-state index contributed by atoms with van der Waals surface area (Å²) in [5.74, 6) is 0.367. The number of aromatic nitrogens is 1. The molecule has 0 saturated heterocycles. The highest BCUT2D eigenvalue weighted by atomic mass is 19.1. The fourth-order valence-corrected chi connectivity index (χ4v) is 2.31. The van der Waals surface area contributed by atoms with Crippen molar-refractivity contribution in [1.29, 1.82) is 5.41 Å². The van der Waals surface area contributed by atoms with Crippen molar-refractivity contribution < 1.29 is 4.39 Å². The van der Waals surface area contributed by atoms with E-state index < -0.39 is 0 Å². The van der Waals surface area contributed by atoms with Gasteiger partial charge in [-0.3, -0.25) is 5.41 Å². The van der Waals surface area contributed by atoms with Crippen LogP contribution in [-0.4, -0.2) is 17.4 Å². The Hall–Kier alpha value is -2.43. The highest BCUT2D eigenvalue weighted by Gasteiger charge is 2.22. The third-order valence-corrected chi connectivity index (χ3v) is 3.23. The van der Waals surface area contributed by atoms with Gasteiger partial charge in [-0.05, 0) is 36.2 Å². The Labute approximate surface area is 110 Å². The Bertz CT molecular complexity index is 654. The van der Waals surface area contributed by atoms with Gasteiger partial charge in [-0.2, -0.15) is 0 Å². The smallest absolute Gasteiger partial charge is 0.141 e. The van der Waals surface area contributed by atoms with Crippen molar-refractivity contribution in [3.8, 4) is 0 Å². The Kier molecular flexibility index (Phi) is 2.67. The zero-order chi connectivity index (χ0) is 13.4. The van der Waals surface area contributed by atoms with Crippen LogP contribution in [0.15, 0.2) is 36.4 Å². The summed E-state index contributed by atoms with van der Waals surface area (Å²) in [6.07, 6.45) is 0.863. The number of hydrogen-bond donors (Lipinski definition) is 2. The van der Waals surface area contributed by atoms with Gasteiger partial charge in [-0.25, -0.2) is 9.37 Å². The van der Waals surface area contributed by atoms with Gasteiger partial charge in [0, 0.05) is 12.2 Å². The average Bonchev–Trinajstić information content (AvgIpc) is 2.81. The van der Waals surface area contributed by atoms with E-state index in [2.05, 4.69) is 4.98 Å². The lowest BCUT2D eigenvalue weighted by atomic mass is 10.2. The van der Waals surface area contributed by atoms with E-state index in [4.69, 9.17) is 11.1 Å². The summed E-state index contributed by atoms with van der Waals surface area (Å²) in [5.41, 5.74) is 7.82. The molecule has 0 unspecified atom stereocenters. The zero-order valence-electron chi connectivity index (χ0n) is 10.2. The predicted octanol–water partition coefficient (Wildman–Crippen LogP) is 2.20. The molecule has 1 aliphatic rings. The van der Waals surface area contributed by atoms with Crippen LogP contribution in [0.25, 0.3) is 0 Å². The molecule has 2 aromatic rings. The molecule has 0 aliphatic carbocycles. The minimum Gasteiger partial charge on any atom is -0.382 e. The molecule has 0 bridgehead atoms. The zero-order valence-corrected chi connectivity index (χ0v) is 10.2. The van der Waals surface area contributed by atoms with Gasteiger partial charge in [0.1, 0.15) is 23.2 Å². The summed E-state index contributed by atoms with van der Waals surface area (Å²) in [7, 11) is 0. The molecule has 0 atom stereocenters. The van der Waals surface area contributed by atoms with Crippen molar-refractivity contribution >= 4 is 17.3 Å². The monoisotopic (exact) mass is 256 g/mol. The molecule has 0 spiro atoms. The third-order valence-electron chi connectivity index (χ3n) is 3.23. The molecular formula is C14H13FN4. The van der Waals surface area contributed by atoms with Gasteiger partial charge in [0.25, 0.3) is 0 Å². The van der Waals surface area contributed by atoms with E-state index in [1.807, 2.05) is 11.0 Å². The van der Waals surface area contributed by atoms with E-state index >= 15 is 0 Å². The number of hydrogen-bond acceptors (Lipinski definition) is 3. The largest absolute Gasteiger partial charge is 0.382 e. The molecule has 3 N–H and O–H groups in total. The molecule has 96 valence electrons. The Balaban J connectivity index is 2.04. The number of nitrogen functional groups attached to an aromatic ring is 1. The SMILES string of the molecule is N=C(N)c1cccc(N2CCc3ccc(F)cc32)n1. The van der Waals surface area contributed by atoms with Crippen LogP contribution in [0.4, 0.5) is 15.9 Å². The van der Waals surface area contributed by atoms with Crippen molar-refractivity contribution in [2.24, 2.45) is 5.73 Å². The van der Waals surface area contributed by atoms with Crippen LogP contribution in [-0.2, 0) is 6.42 Å². The van der Waals surface area contributed by atoms with Crippen molar-refractivity contribution in [3.05, 3.63) is 53.5 Å². The normalized spacial score (nSPS) is 13.4. The Morgan fingerprint density at radius 3 is 2.95 bits per heavy atom. The lowest BCUT2D eigenvalue weighted by Gasteiger charge is -2.18. The second-order valence-corrected chi connectivity index (χ2v) is 4.47. The first kappa shape index (κ1) is 11.6. The molecule has 3 rings (SSSR count). The van der Waals surface area contributed by atoms with Gasteiger partial charge in [-0.15, -0.1) is 0 Å². The first-order chi connectivity index (χ1) is 9.15. The summed E-state index contributed by atoms with van der Waals surface area (Å²) in [6.45, 7) is 0.757.